The van der Waals surface area contributed by atoms with Crippen molar-refractivity contribution in [3.63, 3.8) is 0 Å². The summed E-state index contributed by atoms with van der Waals surface area (Å²) in [6.45, 7) is 0. The van der Waals surface area contributed by atoms with Crippen LogP contribution in [0.15, 0.2) is 12.1 Å². The molecule has 1 aliphatic rings. The SMILES string of the molecule is COc1cc2c(cc1CCC(=O)O)CC(N)C2. The molecule has 1 unspecified atom stereocenters. The molecule has 1 aromatic rings. The van der Waals surface area contributed by atoms with Crippen molar-refractivity contribution in [2.75, 3.05) is 7.11 Å². The Bertz CT molecular complexity index is 443. The largest absolute Gasteiger partial charge is 0.496 e. The first-order valence-electron chi connectivity index (χ1n) is 5.76. The molecule has 0 saturated carbocycles. The molecular formula is C13H17NO3. The fraction of sp³-hybridized carbons (Fsp3) is 0.462. The lowest BCUT2D eigenvalue weighted by Crippen LogP contribution is -2.18. The van der Waals surface area contributed by atoms with Gasteiger partial charge in [0.2, 0.25) is 0 Å². The molecule has 1 atom stereocenters. The van der Waals surface area contributed by atoms with E-state index in [1.807, 2.05) is 12.1 Å². The molecule has 0 saturated heterocycles. The minimum atomic E-state index is -0.788. The number of hydrogen-bond acceptors (Lipinski definition) is 3. The van der Waals surface area contributed by atoms with E-state index < -0.39 is 5.97 Å². The first-order valence-corrected chi connectivity index (χ1v) is 5.76. The van der Waals surface area contributed by atoms with Crippen molar-refractivity contribution >= 4 is 5.97 Å². The maximum atomic E-state index is 10.6. The van der Waals surface area contributed by atoms with Gasteiger partial charge in [-0.25, -0.2) is 0 Å². The Morgan fingerprint density at radius 1 is 1.47 bits per heavy atom. The number of benzene rings is 1. The fourth-order valence-electron chi connectivity index (χ4n) is 2.36. The highest BCUT2D eigenvalue weighted by Gasteiger charge is 2.20. The molecule has 4 heteroatoms. The first-order chi connectivity index (χ1) is 8.10. The second kappa shape index (κ2) is 4.75. The summed E-state index contributed by atoms with van der Waals surface area (Å²) in [6.07, 6.45) is 2.38. The second-order valence-corrected chi connectivity index (χ2v) is 4.49. The molecule has 4 nitrogen and oxygen atoms in total. The molecule has 0 fully saturated rings. The van der Waals surface area contributed by atoms with E-state index in [4.69, 9.17) is 15.6 Å². The van der Waals surface area contributed by atoms with Crippen LogP contribution in [0.1, 0.15) is 23.1 Å². The van der Waals surface area contributed by atoms with Crippen LogP contribution in [0.2, 0.25) is 0 Å². The number of aryl methyl sites for hydroxylation is 1. The zero-order chi connectivity index (χ0) is 12.4. The molecule has 17 heavy (non-hydrogen) atoms. The lowest BCUT2D eigenvalue weighted by molar-refractivity contribution is -0.136. The topological polar surface area (TPSA) is 72.5 Å². The number of carboxylic acids is 1. The Morgan fingerprint density at radius 2 is 2.12 bits per heavy atom. The average molecular weight is 235 g/mol. The maximum Gasteiger partial charge on any atom is 0.303 e. The van der Waals surface area contributed by atoms with Crippen molar-refractivity contribution in [1.29, 1.82) is 0 Å². The van der Waals surface area contributed by atoms with Gasteiger partial charge >= 0.3 is 5.97 Å². The summed E-state index contributed by atoms with van der Waals surface area (Å²) in [7, 11) is 1.61. The molecule has 0 heterocycles. The van der Waals surface area contributed by atoms with Crippen LogP contribution in [-0.2, 0) is 24.1 Å². The molecule has 3 N–H and O–H groups in total. The van der Waals surface area contributed by atoms with Gasteiger partial charge in [-0.1, -0.05) is 6.07 Å². The van der Waals surface area contributed by atoms with Crippen molar-refractivity contribution in [2.45, 2.75) is 31.7 Å². The Labute approximate surface area is 100 Å². The molecule has 0 radical (unpaired) electrons. The predicted octanol–water partition coefficient (Wildman–Crippen LogP) is 1.14. The molecule has 0 bridgehead atoms. The summed E-state index contributed by atoms with van der Waals surface area (Å²) in [5.41, 5.74) is 9.34. The van der Waals surface area contributed by atoms with Gasteiger partial charge in [-0.15, -0.1) is 0 Å². The molecule has 2 rings (SSSR count). The number of hydrogen-bond donors (Lipinski definition) is 2. The van der Waals surface area contributed by atoms with Gasteiger partial charge in [0.05, 0.1) is 7.11 Å². The van der Waals surface area contributed by atoms with E-state index in [-0.39, 0.29) is 12.5 Å². The van der Waals surface area contributed by atoms with E-state index in [0.29, 0.717) is 6.42 Å². The Kier molecular flexibility index (Phi) is 3.33. The van der Waals surface area contributed by atoms with Crippen LogP contribution < -0.4 is 10.5 Å². The summed E-state index contributed by atoms with van der Waals surface area (Å²) in [6, 6.07) is 4.23. The van der Waals surface area contributed by atoms with E-state index in [1.165, 1.54) is 11.1 Å². The normalized spacial score (nSPS) is 17.9. The smallest absolute Gasteiger partial charge is 0.303 e. The standard InChI is InChI=1S/C13H17NO3/c1-17-12-7-10-6-11(14)5-9(10)4-8(12)2-3-13(15)16/h4,7,11H,2-3,5-6,14H2,1H3,(H,15,16). The fourth-order valence-corrected chi connectivity index (χ4v) is 2.36. The minimum absolute atomic E-state index is 0.126. The number of carboxylic acid groups (broad SMARTS) is 1. The molecule has 1 aliphatic carbocycles. The Hall–Kier alpha value is -1.55. The molecule has 0 aliphatic heterocycles. The van der Waals surface area contributed by atoms with Crippen molar-refractivity contribution in [3.8, 4) is 5.75 Å². The van der Waals surface area contributed by atoms with Gasteiger partial charge < -0.3 is 15.6 Å². The van der Waals surface area contributed by atoms with Crippen LogP contribution >= 0.6 is 0 Å². The molecule has 0 amide bonds. The van der Waals surface area contributed by atoms with Gasteiger partial charge in [0.25, 0.3) is 0 Å². The quantitative estimate of drug-likeness (QED) is 0.820. The van der Waals surface area contributed by atoms with E-state index >= 15 is 0 Å². The third-order valence-corrected chi connectivity index (χ3v) is 3.18. The molecular weight excluding hydrogens is 218 g/mol. The number of methoxy groups -OCH3 is 1. The van der Waals surface area contributed by atoms with E-state index in [2.05, 4.69) is 0 Å². The number of carbonyl (C=O) groups is 1. The van der Waals surface area contributed by atoms with Gasteiger partial charge in [0, 0.05) is 12.5 Å². The maximum absolute atomic E-state index is 10.6. The van der Waals surface area contributed by atoms with Crippen molar-refractivity contribution in [1.82, 2.24) is 0 Å². The molecule has 1 aromatic carbocycles. The summed E-state index contributed by atoms with van der Waals surface area (Å²) < 4.78 is 5.30. The van der Waals surface area contributed by atoms with Crippen LogP contribution in [0.4, 0.5) is 0 Å². The monoisotopic (exact) mass is 235 g/mol. The van der Waals surface area contributed by atoms with E-state index in [0.717, 1.165) is 24.2 Å². The Morgan fingerprint density at radius 3 is 2.71 bits per heavy atom. The van der Waals surface area contributed by atoms with Gasteiger partial charge in [-0.2, -0.15) is 0 Å². The molecule has 0 spiro atoms. The number of fused-ring (bicyclic) bond motifs is 1. The van der Waals surface area contributed by atoms with Crippen LogP contribution in [0.3, 0.4) is 0 Å². The highest BCUT2D eigenvalue weighted by Crippen LogP contribution is 2.30. The second-order valence-electron chi connectivity index (χ2n) is 4.49. The summed E-state index contributed by atoms with van der Waals surface area (Å²) in [5, 5.41) is 8.71. The van der Waals surface area contributed by atoms with Crippen LogP contribution in [0.5, 0.6) is 5.75 Å². The van der Waals surface area contributed by atoms with E-state index in [9.17, 15) is 4.79 Å². The van der Waals surface area contributed by atoms with E-state index in [1.54, 1.807) is 7.11 Å². The highest BCUT2D eigenvalue weighted by molar-refractivity contribution is 5.67. The third-order valence-electron chi connectivity index (χ3n) is 3.18. The first kappa shape index (κ1) is 11.9. The summed E-state index contributed by atoms with van der Waals surface area (Å²) in [4.78, 5) is 10.6. The van der Waals surface area contributed by atoms with Gasteiger partial charge in [-0.3, -0.25) is 4.79 Å². The lowest BCUT2D eigenvalue weighted by Gasteiger charge is -2.10. The minimum Gasteiger partial charge on any atom is -0.496 e. The average Bonchev–Trinajstić information content (AvgIpc) is 2.63. The highest BCUT2D eigenvalue weighted by atomic mass is 16.5. The number of rotatable bonds is 4. The molecule has 92 valence electrons. The van der Waals surface area contributed by atoms with Crippen LogP contribution in [-0.4, -0.2) is 24.2 Å². The summed E-state index contributed by atoms with van der Waals surface area (Å²) >= 11 is 0. The lowest BCUT2D eigenvalue weighted by atomic mass is 10.0. The van der Waals surface area contributed by atoms with Crippen molar-refractivity contribution in [3.05, 3.63) is 28.8 Å². The third kappa shape index (κ3) is 2.58. The molecule has 0 aromatic heterocycles. The van der Waals surface area contributed by atoms with Crippen LogP contribution in [0.25, 0.3) is 0 Å². The summed E-state index contributed by atoms with van der Waals surface area (Å²) in [5.74, 6) is -0.0108. The Balaban J connectivity index is 2.26. The van der Waals surface area contributed by atoms with Crippen molar-refractivity contribution < 1.29 is 14.6 Å². The zero-order valence-electron chi connectivity index (χ0n) is 9.90. The zero-order valence-corrected chi connectivity index (χ0v) is 9.90. The van der Waals surface area contributed by atoms with Gasteiger partial charge in [-0.05, 0) is 42.0 Å². The van der Waals surface area contributed by atoms with Crippen LogP contribution in [0, 0.1) is 0 Å². The van der Waals surface area contributed by atoms with Crippen molar-refractivity contribution in [2.24, 2.45) is 5.73 Å². The predicted molar refractivity (Wildman–Crippen MR) is 64.3 cm³/mol. The van der Waals surface area contributed by atoms with Gasteiger partial charge in [0.1, 0.15) is 5.75 Å². The number of aliphatic carboxylic acids is 1. The van der Waals surface area contributed by atoms with Gasteiger partial charge in [0.15, 0.2) is 0 Å². The number of nitrogens with two attached hydrogens (primary N) is 1. The number of ether oxygens (including phenoxy) is 1.